The van der Waals surface area contributed by atoms with E-state index in [-0.39, 0.29) is 23.5 Å². The Kier molecular flexibility index (Phi) is 5.75. The maximum Gasteiger partial charge on any atom is 0.291 e. The molecule has 0 aromatic carbocycles. The van der Waals surface area contributed by atoms with Crippen molar-refractivity contribution < 1.29 is 24.0 Å². The van der Waals surface area contributed by atoms with Crippen LogP contribution in [0.3, 0.4) is 0 Å². The number of nitrogens with zero attached hydrogens (tertiary/aromatic N) is 1. The number of aromatic nitrogens is 1. The molecule has 1 aromatic rings. The molecule has 0 saturated heterocycles. The molecule has 2 unspecified atom stereocenters. The van der Waals surface area contributed by atoms with Crippen LogP contribution in [0.2, 0.25) is 0 Å². The minimum atomic E-state index is -0.525. The first-order valence-corrected chi connectivity index (χ1v) is 14.1. The summed E-state index contributed by atoms with van der Waals surface area (Å²) in [4.78, 5) is 26.4. The van der Waals surface area contributed by atoms with E-state index >= 15 is 0 Å². The van der Waals surface area contributed by atoms with Gasteiger partial charge < -0.3 is 19.7 Å². The Bertz CT molecular complexity index is 950. The third-order valence-corrected chi connectivity index (χ3v) is 10.9. The van der Waals surface area contributed by atoms with Crippen molar-refractivity contribution >= 4 is 23.5 Å². The predicted molar refractivity (Wildman–Crippen MR) is 127 cm³/mol. The van der Waals surface area contributed by atoms with Crippen molar-refractivity contribution in [3.05, 3.63) is 5.76 Å². The highest BCUT2D eigenvalue weighted by atomic mass is 32.2. The van der Waals surface area contributed by atoms with Gasteiger partial charge in [-0.25, -0.2) is 0 Å². The molecule has 7 rings (SSSR count). The summed E-state index contributed by atoms with van der Waals surface area (Å²) in [6.45, 7) is 1.93. The Morgan fingerprint density at radius 2 is 1.85 bits per heavy atom. The minimum absolute atomic E-state index is 0.0825. The molecule has 2 atom stereocenters. The molecule has 8 heteroatoms. The average molecular weight is 489 g/mol. The minimum Gasteiger partial charge on any atom is -0.474 e. The number of aliphatic hydroxyl groups is 1. The van der Waals surface area contributed by atoms with Crippen molar-refractivity contribution in [1.29, 1.82) is 0 Å². The molecule has 1 heterocycles. The van der Waals surface area contributed by atoms with E-state index in [2.05, 4.69) is 10.5 Å². The predicted octanol–water partition coefficient (Wildman–Crippen LogP) is 4.52. The molecule has 6 aliphatic rings. The highest BCUT2D eigenvalue weighted by Crippen LogP contribution is 2.56. The number of rotatable bonds is 8. The van der Waals surface area contributed by atoms with E-state index in [9.17, 15) is 14.7 Å². The van der Waals surface area contributed by atoms with Gasteiger partial charge in [-0.3, -0.25) is 9.59 Å². The Hall–Kier alpha value is -1.54. The van der Waals surface area contributed by atoms with Crippen LogP contribution in [0.5, 0.6) is 5.88 Å². The lowest BCUT2D eigenvalue weighted by Gasteiger charge is -2.58. The van der Waals surface area contributed by atoms with Crippen molar-refractivity contribution in [3.63, 3.8) is 0 Å². The molecule has 1 amide bonds. The first-order valence-electron chi connectivity index (χ1n) is 13.2. The van der Waals surface area contributed by atoms with E-state index in [0.717, 1.165) is 64.2 Å². The second-order valence-corrected chi connectivity index (χ2v) is 13.2. The zero-order valence-electron chi connectivity index (χ0n) is 20.0. The number of ketones is 1. The Labute approximate surface area is 205 Å². The van der Waals surface area contributed by atoms with Gasteiger partial charge in [-0.2, -0.15) is 0 Å². The van der Waals surface area contributed by atoms with Crippen molar-refractivity contribution in [3.8, 4) is 5.88 Å². The molecular weight excluding hydrogens is 452 g/mol. The van der Waals surface area contributed by atoms with Gasteiger partial charge in [0.25, 0.3) is 11.8 Å². The molecule has 34 heavy (non-hydrogen) atoms. The van der Waals surface area contributed by atoms with Gasteiger partial charge in [-0.15, -0.1) is 11.8 Å². The lowest BCUT2D eigenvalue weighted by Crippen LogP contribution is -2.61. The number of carbonyl (C=O) groups excluding carboxylic acids is 2. The van der Waals surface area contributed by atoms with Crippen LogP contribution in [0.4, 0.5) is 0 Å². The standard InChI is InChI=1S/C26H36N2O5S/c1-15(29)25(7-4-8-25)14-32-24-22(34-19-5-2-3-6-19)21(33-28-24)23(30)27-20-17-9-16-10-18(20)13-26(31,11-16)12-17/h16-20,31H,2-14H2,1H3,(H,27,30)/t16?,17?,18?,20-,26-. The van der Waals surface area contributed by atoms with Gasteiger partial charge in [-0.05, 0) is 87.6 Å². The van der Waals surface area contributed by atoms with Crippen LogP contribution < -0.4 is 10.1 Å². The smallest absolute Gasteiger partial charge is 0.291 e. The first-order chi connectivity index (χ1) is 16.3. The second kappa shape index (κ2) is 8.54. The Morgan fingerprint density at radius 3 is 2.44 bits per heavy atom. The first kappa shape index (κ1) is 22.9. The molecule has 6 aliphatic carbocycles. The molecule has 6 fully saturated rings. The zero-order valence-corrected chi connectivity index (χ0v) is 20.8. The number of thioether (sulfide) groups is 1. The van der Waals surface area contributed by atoms with Crippen LogP contribution in [0, 0.1) is 23.2 Å². The van der Waals surface area contributed by atoms with Gasteiger partial charge in [0.05, 0.1) is 11.0 Å². The fraction of sp³-hybridized carbons (Fsp3) is 0.808. The number of nitrogens with one attached hydrogen (secondary N) is 1. The molecule has 4 bridgehead atoms. The van der Waals surface area contributed by atoms with Gasteiger partial charge >= 0.3 is 0 Å². The normalized spacial score (nSPS) is 35.8. The molecule has 0 radical (unpaired) electrons. The molecule has 1 aromatic heterocycles. The Morgan fingerprint density at radius 1 is 1.15 bits per heavy atom. The summed E-state index contributed by atoms with van der Waals surface area (Å²) in [6.07, 6.45) is 12.0. The number of carbonyl (C=O) groups is 2. The van der Waals surface area contributed by atoms with E-state index in [4.69, 9.17) is 9.26 Å². The van der Waals surface area contributed by atoms with Crippen molar-refractivity contribution in [2.45, 2.75) is 106 Å². The van der Waals surface area contributed by atoms with E-state index in [1.807, 2.05) is 0 Å². The number of hydrogen-bond acceptors (Lipinski definition) is 7. The SMILES string of the molecule is CC(=O)C1(COc2noc(C(=O)N[C@H]3C4CC5CC3C[C@](O)(C5)C4)c2SC2CCCC2)CCC1. The lowest BCUT2D eigenvalue weighted by atomic mass is 9.52. The third kappa shape index (κ3) is 3.98. The molecule has 2 N–H and O–H groups in total. The van der Waals surface area contributed by atoms with Crippen LogP contribution >= 0.6 is 11.8 Å². The molecule has 7 nitrogen and oxygen atoms in total. The second-order valence-electron chi connectivity index (χ2n) is 11.8. The molecule has 0 spiro atoms. The number of hydrogen-bond donors (Lipinski definition) is 2. The zero-order chi connectivity index (χ0) is 23.5. The average Bonchev–Trinajstić information content (AvgIpc) is 3.39. The number of amides is 1. The van der Waals surface area contributed by atoms with Crippen LogP contribution in [0.1, 0.15) is 94.5 Å². The van der Waals surface area contributed by atoms with Crippen molar-refractivity contribution in [1.82, 2.24) is 10.5 Å². The highest BCUT2D eigenvalue weighted by molar-refractivity contribution is 8.00. The molecule has 0 aliphatic heterocycles. The largest absolute Gasteiger partial charge is 0.474 e. The van der Waals surface area contributed by atoms with Gasteiger partial charge in [0.15, 0.2) is 0 Å². The molecule has 6 saturated carbocycles. The fourth-order valence-electron chi connectivity index (χ4n) is 7.62. The number of Topliss-reactive ketones (excluding diaryl/α,β-unsaturated/α-hetero) is 1. The maximum absolute atomic E-state index is 13.5. The van der Waals surface area contributed by atoms with Crippen LogP contribution in [-0.4, -0.2) is 45.5 Å². The summed E-state index contributed by atoms with van der Waals surface area (Å²) in [6, 6.07) is 0.0825. The van der Waals surface area contributed by atoms with E-state index in [0.29, 0.717) is 40.4 Å². The van der Waals surface area contributed by atoms with Crippen molar-refractivity contribution in [2.24, 2.45) is 23.2 Å². The highest BCUT2D eigenvalue weighted by Gasteiger charge is 2.55. The molecule has 186 valence electrons. The summed E-state index contributed by atoms with van der Waals surface area (Å²) in [5.74, 6) is 1.79. The van der Waals surface area contributed by atoms with Crippen LogP contribution in [0.15, 0.2) is 9.42 Å². The van der Waals surface area contributed by atoms with Gasteiger partial charge in [0.2, 0.25) is 5.76 Å². The van der Waals surface area contributed by atoms with E-state index in [1.165, 1.54) is 12.8 Å². The van der Waals surface area contributed by atoms with E-state index in [1.54, 1.807) is 18.7 Å². The van der Waals surface area contributed by atoms with Crippen molar-refractivity contribution in [2.75, 3.05) is 6.61 Å². The summed E-state index contributed by atoms with van der Waals surface area (Å²) in [5.41, 5.74) is -0.944. The third-order valence-electron chi connectivity index (χ3n) is 9.49. The monoisotopic (exact) mass is 488 g/mol. The topological polar surface area (TPSA) is 102 Å². The summed E-state index contributed by atoms with van der Waals surface area (Å²) >= 11 is 1.65. The summed E-state index contributed by atoms with van der Waals surface area (Å²) in [7, 11) is 0. The number of ether oxygens (including phenoxy) is 1. The quantitative estimate of drug-likeness (QED) is 0.555. The van der Waals surface area contributed by atoms with Gasteiger partial charge in [0.1, 0.15) is 17.3 Å². The summed E-state index contributed by atoms with van der Waals surface area (Å²) < 4.78 is 11.7. The maximum atomic E-state index is 13.5. The van der Waals surface area contributed by atoms with E-state index < -0.39 is 11.0 Å². The van der Waals surface area contributed by atoms with Crippen LogP contribution in [0.25, 0.3) is 0 Å². The van der Waals surface area contributed by atoms with Gasteiger partial charge in [0, 0.05) is 11.3 Å². The lowest BCUT2D eigenvalue weighted by molar-refractivity contribution is -0.137. The Balaban J connectivity index is 1.20. The van der Waals surface area contributed by atoms with Gasteiger partial charge in [-0.1, -0.05) is 19.3 Å². The fourth-order valence-corrected chi connectivity index (χ4v) is 8.96. The van der Waals surface area contributed by atoms with Crippen LogP contribution in [-0.2, 0) is 4.79 Å². The molecular formula is C26H36N2O5S. The summed E-state index contributed by atoms with van der Waals surface area (Å²) in [5, 5.41) is 18.8.